The van der Waals surface area contributed by atoms with Gasteiger partial charge in [-0.2, -0.15) is 5.10 Å². The first kappa shape index (κ1) is 17.5. The predicted molar refractivity (Wildman–Crippen MR) is 106 cm³/mol. The van der Waals surface area contributed by atoms with Crippen molar-refractivity contribution in [2.45, 2.75) is 45.1 Å². The van der Waals surface area contributed by atoms with E-state index >= 15 is 0 Å². The molecule has 0 aliphatic heterocycles. The molecule has 1 aliphatic carbocycles. The second kappa shape index (κ2) is 7.74. The average molecular weight is 360 g/mol. The third-order valence-electron chi connectivity index (χ3n) is 5.25. The lowest BCUT2D eigenvalue weighted by molar-refractivity contribution is -0.116. The van der Waals surface area contributed by atoms with Crippen LogP contribution in [-0.2, 0) is 17.8 Å². The van der Waals surface area contributed by atoms with Crippen LogP contribution in [0.1, 0.15) is 43.2 Å². The first-order valence-corrected chi connectivity index (χ1v) is 9.60. The summed E-state index contributed by atoms with van der Waals surface area (Å²) in [7, 11) is 0. The smallest absolute Gasteiger partial charge is 0.226 e. The topological polar surface area (TPSA) is 59.8 Å². The molecule has 5 nitrogen and oxygen atoms in total. The molecule has 2 aromatic heterocycles. The fourth-order valence-corrected chi connectivity index (χ4v) is 3.91. The number of carbonyl (C=O) groups is 1. The van der Waals surface area contributed by atoms with E-state index in [1.807, 2.05) is 29.8 Å². The minimum absolute atomic E-state index is 0.0487. The molecule has 5 heteroatoms. The summed E-state index contributed by atoms with van der Waals surface area (Å²) in [6, 6.07) is 14.3. The van der Waals surface area contributed by atoms with Crippen LogP contribution in [0.5, 0.6) is 0 Å². The van der Waals surface area contributed by atoms with E-state index in [1.165, 1.54) is 11.1 Å². The number of aromatic nitrogens is 3. The number of fused-ring (bicyclic) bond motifs is 1. The first-order chi connectivity index (χ1) is 13.2. The first-order valence-electron chi connectivity index (χ1n) is 9.60. The number of rotatable bonds is 5. The molecule has 0 radical (unpaired) electrons. The maximum atomic E-state index is 12.7. The average Bonchev–Trinajstić information content (AvgIpc) is 3.11. The minimum Gasteiger partial charge on any atom is -0.311 e. The Morgan fingerprint density at radius 1 is 1.22 bits per heavy atom. The maximum Gasteiger partial charge on any atom is 0.226 e. The predicted octanol–water partition coefficient (Wildman–Crippen LogP) is 4.41. The van der Waals surface area contributed by atoms with Crippen molar-refractivity contribution >= 4 is 11.7 Å². The minimum atomic E-state index is 0.0487. The number of nitrogens with zero attached hydrogens (tertiary/aromatic N) is 3. The summed E-state index contributed by atoms with van der Waals surface area (Å²) in [6.07, 6.45) is 7.34. The lowest BCUT2D eigenvalue weighted by Gasteiger charge is -2.25. The highest BCUT2D eigenvalue weighted by molar-refractivity contribution is 5.91. The van der Waals surface area contributed by atoms with Gasteiger partial charge in [-0.15, -0.1) is 0 Å². The van der Waals surface area contributed by atoms with E-state index in [0.717, 1.165) is 36.3 Å². The number of amides is 1. The Labute approximate surface area is 159 Å². The molecule has 0 fully saturated rings. The quantitative estimate of drug-likeness (QED) is 0.733. The molecule has 3 aromatic rings. The van der Waals surface area contributed by atoms with E-state index in [9.17, 15) is 4.79 Å². The van der Waals surface area contributed by atoms with Crippen molar-refractivity contribution in [2.75, 3.05) is 5.32 Å². The van der Waals surface area contributed by atoms with Crippen LogP contribution < -0.4 is 5.32 Å². The summed E-state index contributed by atoms with van der Waals surface area (Å²) in [5, 5.41) is 7.68. The summed E-state index contributed by atoms with van der Waals surface area (Å²) >= 11 is 0. The van der Waals surface area contributed by atoms with E-state index in [2.05, 4.69) is 39.7 Å². The third-order valence-corrected chi connectivity index (χ3v) is 5.25. The summed E-state index contributed by atoms with van der Waals surface area (Å²) in [5.41, 5.74) is 4.56. The molecule has 1 unspecified atom stereocenters. The SMILES string of the molecule is CCn1nc(-c2ccncc2)cc1NC(=O)CC1CCCc2ccccc21. The molecule has 1 amide bonds. The van der Waals surface area contributed by atoms with Gasteiger partial charge in [0.05, 0.1) is 5.69 Å². The van der Waals surface area contributed by atoms with Gasteiger partial charge in [-0.05, 0) is 55.4 Å². The Kier molecular flexibility index (Phi) is 5.01. The van der Waals surface area contributed by atoms with Crippen LogP contribution >= 0.6 is 0 Å². The fraction of sp³-hybridized carbons (Fsp3) is 0.318. The van der Waals surface area contributed by atoms with Crippen LogP contribution in [0.15, 0.2) is 54.9 Å². The summed E-state index contributed by atoms with van der Waals surface area (Å²) in [6.45, 7) is 2.73. The van der Waals surface area contributed by atoms with Gasteiger partial charge in [0.2, 0.25) is 5.91 Å². The molecule has 4 rings (SSSR count). The maximum absolute atomic E-state index is 12.7. The van der Waals surface area contributed by atoms with Crippen LogP contribution in [0.2, 0.25) is 0 Å². The number of hydrogen-bond acceptors (Lipinski definition) is 3. The lowest BCUT2D eigenvalue weighted by Crippen LogP contribution is -2.20. The van der Waals surface area contributed by atoms with Crippen LogP contribution in [-0.4, -0.2) is 20.7 Å². The highest BCUT2D eigenvalue weighted by Gasteiger charge is 2.23. The van der Waals surface area contributed by atoms with Gasteiger partial charge < -0.3 is 5.32 Å². The zero-order valence-corrected chi connectivity index (χ0v) is 15.6. The Balaban J connectivity index is 1.50. The molecule has 1 aromatic carbocycles. The summed E-state index contributed by atoms with van der Waals surface area (Å²) < 4.78 is 1.84. The molecule has 0 saturated heterocycles. The standard InChI is InChI=1S/C22H24N4O/c1-2-26-21(15-20(25-26)17-10-12-23-13-11-17)24-22(27)14-18-8-5-7-16-6-3-4-9-19(16)18/h3-4,6,9-13,15,18H,2,5,7-8,14H2,1H3,(H,24,27). The van der Waals surface area contributed by atoms with Gasteiger partial charge in [-0.1, -0.05) is 24.3 Å². The van der Waals surface area contributed by atoms with Crippen LogP contribution in [0.3, 0.4) is 0 Å². The van der Waals surface area contributed by atoms with Crippen molar-refractivity contribution in [3.8, 4) is 11.3 Å². The molecular formula is C22H24N4O. The number of nitrogens with one attached hydrogen (secondary N) is 1. The van der Waals surface area contributed by atoms with E-state index in [4.69, 9.17) is 0 Å². The van der Waals surface area contributed by atoms with Crippen molar-refractivity contribution < 1.29 is 4.79 Å². The molecule has 0 bridgehead atoms. The largest absolute Gasteiger partial charge is 0.311 e. The van der Waals surface area contributed by atoms with E-state index in [1.54, 1.807) is 12.4 Å². The number of carbonyl (C=O) groups excluding carboxylic acids is 1. The Bertz CT molecular complexity index is 932. The van der Waals surface area contributed by atoms with Crippen molar-refractivity contribution in [1.29, 1.82) is 0 Å². The zero-order chi connectivity index (χ0) is 18.6. The molecule has 138 valence electrons. The number of hydrogen-bond donors (Lipinski definition) is 1. The Morgan fingerprint density at radius 3 is 2.85 bits per heavy atom. The Morgan fingerprint density at radius 2 is 2.04 bits per heavy atom. The van der Waals surface area contributed by atoms with Gasteiger partial charge in [0.25, 0.3) is 0 Å². The second-order valence-electron chi connectivity index (χ2n) is 7.01. The highest BCUT2D eigenvalue weighted by atomic mass is 16.1. The van der Waals surface area contributed by atoms with Gasteiger partial charge in [0.1, 0.15) is 5.82 Å². The molecule has 1 atom stereocenters. The van der Waals surface area contributed by atoms with Gasteiger partial charge in [0.15, 0.2) is 0 Å². The molecule has 1 N–H and O–H groups in total. The lowest BCUT2D eigenvalue weighted by atomic mass is 9.81. The van der Waals surface area contributed by atoms with Gasteiger partial charge in [-0.25, -0.2) is 4.68 Å². The van der Waals surface area contributed by atoms with Crippen molar-refractivity contribution in [3.05, 3.63) is 66.0 Å². The fourth-order valence-electron chi connectivity index (χ4n) is 3.91. The highest BCUT2D eigenvalue weighted by Crippen LogP contribution is 2.34. The van der Waals surface area contributed by atoms with Gasteiger partial charge >= 0.3 is 0 Å². The molecule has 2 heterocycles. The van der Waals surface area contributed by atoms with Gasteiger partial charge in [0, 0.05) is 37.0 Å². The van der Waals surface area contributed by atoms with Crippen LogP contribution in [0, 0.1) is 0 Å². The van der Waals surface area contributed by atoms with Crippen molar-refractivity contribution in [1.82, 2.24) is 14.8 Å². The summed E-state index contributed by atoms with van der Waals surface area (Å²) in [4.78, 5) is 16.8. The monoisotopic (exact) mass is 360 g/mol. The zero-order valence-electron chi connectivity index (χ0n) is 15.6. The van der Waals surface area contributed by atoms with Crippen LogP contribution in [0.4, 0.5) is 5.82 Å². The van der Waals surface area contributed by atoms with Crippen LogP contribution in [0.25, 0.3) is 11.3 Å². The van der Waals surface area contributed by atoms with Gasteiger partial charge in [-0.3, -0.25) is 9.78 Å². The molecule has 0 saturated carbocycles. The van der Waals surface area contributed by atoms with E-state index < -0.39 is 0 Å². The normalized spacial score (nSPS) is 16.0. The molecule has 0 spiro atoms. The summed E-state index contributed by atoms with van der Waals surface area (Å²) in [5.74, 6) is 1.10. The Hall–Kier alpha value is -2.95. The number of anilines is 1. The second-order valence-corrected chi connectivity index (χ2v) is 7.01. The number of aryl methyl sites for hydroxylation is 2. The molecule has 27 heavy (non-hydrogen) atoms. The van der Waals surface area contributed by atoms with Crippen molar-refractivity contribution in [3.63, 3.8) is 0 Å². The molecular weight excluding hydrogens is 336 g/mol. The van der Waals surface area contributed by atoms with E-state index in [0.29, 0.717) is 18.9 Å². The number of benzene rings is 1. The van der Waals surface area contributed by atoms with Crippen molar-refractivity contribution in [2.24, 2.45) is 0 Å². The number of pyridine rings is 1. The molecule has 1 aliphatic rings. The third kappa shape index (κ3) is 3.77. The van der Waals surface area contributed by atoms with E-state index in [-0.39, 0.29) is 5.91 Å².